The van der Waals surface area contributed by atoms with Gasteiger partial charge in [0.25, 0.3) is 0 Å². The Morgan fingerprint density at radius 3 is 2.57 bits per heavy atom. The largest absolute Gasteiger partial charge is 0.313 e. The summed E-state index contributed by atoms with van der Waals surface area (Å²) in [6.45, 7) is 7.18. The molecule has 0 fully saturated rings. The average Bonchev–Trinajstić information content (AvgIpc) is 2.17. The Morgan fingerprint density at radius 2 is 2.07 bits per heavy atom. The van der Waals surface area contributed by atoms with E-state index in [9.17, 15) is 0 Å². The maximum absolute atomic E-state index is 4.50. The van der Waals surface area contributed by atoms with Gasteiger partial charge in [0.1, 0.15) is 5.82 Å². The number of rotatable bonds is 4. The minimum absolute atomic E-state index is 0.471. The highest BCUT2D eigenvalue weighted by atomic mass is 15.0. The van der Waals surface area contributed by atoms with Gasteiger partial charge in [0.05, 0.1) is 6.54 Å². The van der Waals surface area contributed by atoms with Crippen LogP contribution in [-0.2, 0) is 13.0 Å². The first-order valence-electron chi connectivity index (χ1n) is 5.18. The zero-order valence-electron chi connectivity index (χ0n) is 9.46. The van der Waals surface area contributed by atoms with E-state index < -0.39 is 0 Å². The minimum Gasteiger partial charge on any atom is -0.313 e. The molecule has 78 valence electrons. The van der Waals surface area contributed by atoms with Crippen LogP contribution in [0.25, 0.3) is 0 Å². The molecule has 0 aliphatic rings. The topological polar surface area (TPSA) is 37.8 Å². The van der Waals surface area contributed by atoms with Crippen LogP contribution in [0.5, 0.6) is 0 Å². The van der Waals surface area contributed by atoms with Crippen molar-refractivity contribution in [2.75, 3.05) is 7.05 Å². The Hall–Kier alpha value is -0.960. The van der Waals surface area contributed by atoms with Gasteiger partial charge in [-0.1, -0.05) is 20.8 Å². The first-order valence-corrected chi connectivity index (χ1v) is 5.18. The van der Waals surface area contributed by atoms with Crippen molar-refractivity contribution in [3.05, 3.63) is 23.3 Å². The summed E-state index contributed by atoms with van der Waals surface area (Å²) < 4.78 is 0. The molecule has 0 radical (unpaired) electrons. The van der Waals surface area contributed by atoms with E-state index in [1.54, 1.807) is 0 Å². The molecule has 0 aliphatic heterocycles. The molecule has 1 aromatic heterocycles. The molecule has 0 bridgehead atoms. The summed E-state index contributed by atoms with van der Waals surface area (Å²) >= 11 is 0. The highest BCUT2D eigenvalue weighted by Gasteiger charge is 2.05. The Bertz CT molecular complexity index is 295. The molecule has 1 aromatic rings. The molecule has 3 heteroatoms. The summed E-state index contributed by atoms with van der Waals surface area (Å²) in [7, 11) is 1.91. The fraction of sp³-hybridized carbons (Fsp3) is 0.636. The number of hydrogen-bond donors (Lipinski definition) is 1. The average molecular weight is 193 g/mol. The number of hydrogen-bond acceptors (Lipinski definition) is 3. The number of nitrogens with one attached hydrogen (secondary N) is 1. The third kappa shape index (κ3) is 2.77. The van der Waals surface area contributed by atoms with E-state index in [4.69, 9.17) is 0 Å². The molecular weight excluding hydrogens is 174 g/mol. The normalized spacial score (nSPS) is 10.9. The van der Waals surface area contributed by atoms with Gasteiger partial charge >= 0.3 is 0 Å². The van der Waals surface area contributed by atoms with Crippen LogP contribution < -0.4 is 5.32 Å². The quantitative estimate of drug-likeness (QED) is 0.793. The maximum Gasteiger partial charge on any atom is 0.142 e. The van der Waals surface area contributed by atoms with Crippen LogP contribution in [0, 0.1) is 0 Å². The summed E-state index contributed by atoms with van der Waals surface area (Å²) in [5.41, 5.74) is 2.27. The molecule has 14 heavy (non-hydrogen) atoms. The zero-order chi connectivity index (χ0) is 10.6. The Balaban J connectivity index is 3.00. The predicted molar refractivity (Wildman–Crippen MR) is 58.3 cm³/mol. The van der Waals surface area contributed by atoms with Crippen molar-refractivity contribution in [2.45, 2.75) is 39.7 Å². The second-order valence-corrected chi connectivity index (χ2v) is 3.74. The first kappa shape index (κ1) is 11.1. The minimum atomic E-state index is 0.471. The third-order valence-corrected chi connectivity index (χ3v) is 2.13. The van der Waals surface area contributed by atoms with E-state index in [-0.39, 0.29) is 0 Å². The summed E-state index contributed by atoms with van der Waals surface area (Å²) in [4.78, 5) is 8.95. The number of aromatic nitrogens is 2. The zero-order valence-corrected chi connectivity index (χ0v) is 9.46. The van der Waals surface area contributed by atoms with Crippen LogP contribution >= 0.6 is 0 Å². The van der Waals surface area contributed by atoms with Gasteiger partial charge in [-0.25, -0.2) is 9.97 Å². The second kappa shape index (κ2) is 5.05. The van der Waals surface area contributed by atoms with Crippen molar-refractivity contribution in [2.24, 2.45) is 0 Å². The van der Waals surface area contributed by atoms with E-state index in [0.29, 0.717) is 5.92 Å². The lowest BCUT2D eigenvalue weighted by molar-refractivity contribution is 0.714. The fourth-order valence-electron chi connectivity index (χ4n) is 1.29. The lowest BCUT2D eigenvalue weighted by Crippen LogP contribution is -2.12. The molecule has 0 unspecified atom stereocenters. The molecule has 0 amide bonds. The summed E-state index contributed by atoms with van der Waals surface area (Å²) in [6, 6.07) is 2.10. The van der Waals surface area contributed by atoms with E-state index in [1.165, 1.54) is 0 Å². The van der Waals surface area contributed by atoms with Crippen molar-refractivity contribution in [3.63, 3.8) is 0 Å². The van der Waals surface area contributed by atoms with Crippen LogP contribution in [-0.4, -0.2) is 17.0 Å². The molecule has 1 rings (SSSR count). The lowest BCUT2D eigenvalue weighted by Gasteiger charge is -2.08. The predicted octanol–water partition coefficient (Wildman–Crippen LogP) is 1.88. The Morgan fingerprint density at radius 1 is 1.36 bits per heavy atom. The molecular formula is C11H19N3. The first-order chi connectivity index (χ1) is 6.67. The smallest absolute Gasteiger partial charge is 0.142 e. The monoisotopic (exact) mass is 193 g/mol. The Kier molecular flexibility index (Phi) is 4.01. The van der Waals surface area contributed by atoms with Gasteiger partial charge in [-0.3, -0.25) is 0 Å². The Labute approximate surface area is 86.0 Å². The van der Waals surface area contributed by atoms with Gasteiger partial charge in [-0.15, -0.1) is 0 Å². The van der Waals surface area contributed by atoms with E-state index in [0.717, 1.165) is 30.2 Å². The van der Waals surface area contributed by atoms with E-state index in [1.807, 2.05) is 7.05 Å². The molecule has 0 saturated heterocycles. The van der Waals surface area contributed by atoms with Crippen LogP contribution in [0.15, 0.2) is 6.07 Å². The van der Waals surface area contributed by atoms with Gasteiger partial charge in [-0.05, 0) is 25.5 Å². The molecule has 0 aliphatic carbocycles. The molecule has 3 nitrogen and oxygen atoms in total. The van der Waals surface area contributed by atoms with Crippen molar-refractivity contribution >= 4 is 0 Å². The van der Waals surface area contributed by atoms with E-state index >= 15 is 0 Å². The molecule has 0 aromatic carbocycles. The summed E-state index contributed by atoms with van der Waals surface area (Å²) in [5, 5.41) is 3.08. The van der Waals surface area contributed by atoms with Crippen LogP contribution in [0.2, 0.25) is 0 Å². The van der Waals surface area contributed by atoms with Crippen molar-refractivity contribution in [1.29, 1.82) is 0 Å². The molecule has 0 saturated carbocycles. The number of aryl methyl sites for hydroxylation is 1. The van der Waals surface area contributed by atoms with E-state index in [2.05, 4.69) is 42.1 Å². The standard InChI is InChI=1S/C11H19N3/c1-5-9-6-10(8(2)3)14-11(13-9)7-12-4/h6,8,12H,5,7H2,1-4H3. The molecule has 0 atom stereocenters. The van der Waals surface area contributed by atoms with Crippen molar-refractivity contribution < 1.29 is 0 Å². The maximum atomic E-state index is 4.50. The van der Waals surface area contributed by atoms with Gasteiger partial charge in [-0.2, -0.15) is 0 Å². The second-order valence-electron chi connectivity index (χ2n) is 3.74. The summed E-state index contributed by atoms with van der Waals surface area (Å²) in [6.07, 6.45) is 0.971. The van der Waals surface area contributed by atoms with Crippen molar-refractivity contribution in [1.82, 2.24) is 15.3 Å². The van der Waals surface area contributed by atoms with Crippen LogP contribution in [0.1, 0.15) is 43.9 Å². The third-order valence-electron chi connectivity index (χ3n) is 2.13. The van der Waals surface area contributed by atoms with Crippen molar-refractivity contribution in [3.8, 4) is 0 Å². The molecule has 0 spiro atoms. The number of nitrogens with zero attached hydrogens (tertiary/aromatic N) is 2. The van der Waals surface area contributed by atoms with Gasteiger partial charge in [0.15, 0.2) is 0 Å². The molecule has 1 N–H and O–H groups in total. The highest BCUT2D eigenvalue weighted by molar-refractivity contribution is 5.14. The lowest BCUT2D eigenvalue weighted by atomic mass is 10.1. The van der Waals surface area contributed by atoms with Crippen LogP contribution in [0.4, 0.5) is 0 Å². The van der Waals surface area contributed by atoms with Gasteiger partial charge < -0.3 is 5.32 Å². The SMILES string of the molecule is CCc1cc(C(C)C)nc(CNC)n1. The highest BCUT2D eigenvalue weighted by Crippen LogP contribution is 2.13. The summed E-state index contributed by atoms with van der Waals surface area (Å²) in [5.74, 6) is 1.37. The van der Waals surface area contributed by atoms with Crippen LogP contribution in [0.3, 0.4) is 0 Å². The molecule has 1 heterocycles. The van der Waals surface area contributed by atoms with Gasteiger partial charge in [0, 0.05) is 11.4 Å². The fourth-order valence-corrected chi connectivity index (χ4v) is 1.29. The van der Waals surface area contributed by atoms with Gasteiger partial charge in [0.2, 0.25) is 0 Å².